The normalized spacial score (nSPS) is 56.5. The molecule has 0 radical (unpaired) electrons. The molecule has 64 valence electrons. The van der Waals surface area contributed by atoms with Crippen molar-refractivity contribution in [1.29, 1.82) is 0 Å². The average molecular weight is 159 g/mol. The summed E-state index contributed by atoms with van der Waals surface area (Å²) in [6.45, 7) is 0.521. The molecule has 2 rings (SSSR count). The fraction of sp³-hybridized carbons (Fsp3) is 1.00. The van der Waals surface area contributed by atoms with Crippen LogP contribution in [0.5, 0.6) is 0 Å². The van der Waals surface area contributed by atoms with Crippen LogP contribution in [0.1, 0.15) is 0 Å². The second-order valence-electron chi connectivity index (χ2n) is 3.11. The zero-order valence-corrected chi connectivity index (χ0v) is 6.14. The monoisotopic (exact) mass is 159 g/mol. The molecule has 2 heterocycles. The number of ether oxygens (including phenoxy) is 2. The van der Waals surface area contributed by atoms with Crippen molar-refractivity contribution in [3.05, 3.63) is 0 Å². The van der Waals surface area contributed by atoms with Crippen molar-refractivity contribution < 1.29 is 9.47 Å². The second-order valence-corrected chi connectivity index (χ2v) is 3.11. The molecule has 0 amide bonds. The van der Waals surface area contributed by atoms with Gasteiger partial charge in [0.1, 0.15) is 6.10 Å². The van der Waals surface area contributed by atoms with Gasteiger partial charge in [0.2, 0.25) is 0 Å². The molecular formula is C6H13N3O2. The minimum atomic E-state index is -0.338. The summed E-state index contributed by atoms with van der Waals surface area (Å²) in [5, 5.41) is 0. The summed E-state index contributed by atoms with van der Waals surface area (Å²) in [6.07, 6.45) is -0.399. The summed E-state index contributed by atoms with van der Waals surface area (Å²) in [4.78, 5) is 0. The highest BCUT2D eigenvalue weighted by atomic mass is 16.7. The van der Waals surface area contributed by atoms with Crippen LogP contribution in [-0.4, -0.2) is 37.1 Å². The molecule has 0 aliphatic carbocycles. The Morgan fingerprint density at radius 3 is 2.45 bits per heavy atom. The van der Waals surface area contributed by atoms with E-state index in [1.807, 2.05) is 0 Å². The largest absolute Gasteiger partial charge is 0.348 e. The lowest BCUT2D eigenvalue weighted by atomic mass is 9.96. The Bertz CT molecular complexity index is 146. The van der Waals surface area contributed by atoms with Gasteiger partial charge in [-0.1, -0.05) is 0 Å². The number of nitrogens with two attached hydrogens (primary N) is 3. The first kappa shape index (κ1) is 7.45. The lowest BCUT2D eigenvalue weighted by Crippen LogP contribution is -2.64. The van der Waals surface area contributed by atoms with E-state index in [-0.39, 0.29) is 30.5 Å². The van der Waals surface area contributed by atoms with Crippen LogP contribution < -0.4 is 17.2 Å². The molecule has 5 heteroatoms. The van der Waals surface area contributed by atoms with Gasteiger partial charge in [-0.15, -0.1) is 0 Å². The van der Waals surface area contributed by atoms with E-state index in [0.29, 0.717) is 6.61 Å². The summed E-state index contributed by atoms with van der Waals surface area (Å²) in [6, 6.07) is -0.686. The van der Waals surface area contributed by atoms with Crippen LogP contribution in [0.15, 0.2) is 0 Å². The predicted molar refractivity (Wildman–Crippen MR) is 38.5 cm³/mol. The van der Waals surface area contributed by atoms with Gasteiger partial charge in [-0.3, -0.25) is 0 Å². The zero-order valence-electron chi connectivity index (χ0n) is 6.14. The third kappa shape index (κ3) is 0.969. The third-order valence-electron chi connectivity index (χ3n) is 2.37. The molecule has 2 bridgehead atoms. The van der Waals surface area contributed by atoms with E-state index >= 15 is 0 Å². The van der Waals surface area contributed by atoms with Crippen molar-refractivity contribution in [2.75, 3.05) is 6.61 Å². The topological polar surface area (TPSA) is 96.5 Å². The highest BCUT2D eigenvalue weighted by molar-refractivity contribution is 4.99. The molecule has 11 heavy (non-hydrogen) atoms. The highest BCUT2D eigenvalue weighted by Crippen LogP contribution is 2.24. The van der Waals surface area contributed by atoms with Crippen molar-refractivity contribution in [3.8, 4) is 0 Å². The summed E-state index contributed by atoms with van der Waals surface area (Å²) >= 11 is 0. The molecule has 2 fully saturated rings. The molecule has 0 aromatic rings. The van der Waals surface area contributed by atoms with Crippen molar-refractivity contribution in [1.82, 2.24) is 0 Å². The van der Waals surface area contributed by atoms with Crippen LogP contribution >= 0.6 is 0 Å². The van der Waals surface area contributed by atoms with E-state index < -0.39 is 0 Å². The Labute approximate surface area is 64.8 Å². The Balaban J connectivity index is 2.16. The van der Waals surface area contributed by atoms with E-state index in [2.05, 4.69) is 0 Å². The first-order valence-corrected chi connectivity index (χ1v) is 3.74. The molecule has 0 aromatic heterocycles. The van der Waals surface area contributed by atoms with Gasteiger partial charge in [-0.2, -0.15) is 0 Å². The van der Waals surface area contributed by atoms with E-state index in [4.69, 9.17) is 26.7 Å². The molecule has 2 aliphatic rings. The van der Waals surface area contributed by atoms with Gasteiger partial charge >= 0.3 is 0 Å². The van der Waals surface area contributed by atoms with Gasteiger partial charge in [-0.25, -0.2) is 0 Å². The quantitative estimate of drug-likeness (QED) is 0.370. The SMILES string of the molecule is N[C@H]1[C@H](N)[C@@H]2OC[C@@H](O2)[C@@H]1N. The molecule has 2 saturated heterocycles. The molecule has 0 aromatic carbocycles. The highest BCUT2D eigenvalue weighted by Gasteiger charge is 2.45. The van der Waals surface area contributed by atoms with E-state index in [1.54, 1.807) is 0 Å². The van der Waals surface area contributed by atoms with Crippen LogP contribution in [0.3, 0.4) is 0 Å². The lowest BCUT2D eigenvalue weighted by Gasteiger charge is -2.34. The maximum atomic E-state index is 5.74. The van der Waals surface area contributed by atoms with Gasteiger partial charge in [0.25, 0.3) is 0 Å². The standard InChI is InChI=1S/C6H13N3O2/c7-3-2-1-10-6(11-2)5(9)4(3)8/h2-6H,1,7-9H2/t2-,3+,4-,5+,6-/m1/s1. The molecule has 6 N–H and O–H groups in total. The van der Waals surface area contributed by atoms with Gasteiger partial charge < -0.3 is 26.7 Å². The predicted octanol–water partition coefficient (Wildman–Crippen LogP) is -2.28. The van der Waals surface area contributed by atoms with Crippen molar-refractivity contribution in [2.45, 2.75) is 30.5 Å². The van der Waals surface area contributed by atoms with E-state index in [1.165, 1.54) is 0 Å². The van der Waals surface area contributed by atoms with Crippen molar-refractivity contribution in [3.63, 3.8) is 0 Å². The summed E-state index contributed by atoms with van der Waals surface area (Å²) in [7, 11) is 0. The molecule has 0 saturated carbocycles. The van der Waals surface area contributed by atoms with Crippen molar-refractivity contribution >= 4 is 0 Å². The first-order chi connectivity index (χ1) is 5.20. The number of fused-ring (bicyclic) bond motifs is 2. The average Bonchev–Trinajstić information content (AvgIpc) is 2.44. The first-order valence-electron chi connectivity index (χ1n) is 3.74. The molecule has 2 aliphatic heterocycles. The van der Waals surface area contributed by atoms with Gasteiger partial charge in [-0.05, 0) is 0 Å². The Kier molecular flexibility index (Phi) is 1.62. The second kappa shape index (κ2) is 2.40. The number of hydrogen-bond donors (Lipinski definition) is 3. The molecule has 0 spiro atoms. The minimum absolute atomic E-state index is 0.0604. The molecule has 5 nitrogen and oxygen atoms in total. The van der Waals surface area contributed by atoms with E-state index in [0.717, 1.165) is 0 Å². The lowest BCUT2D eigenvalue weighted by molar-refractivity contribution is -0.105. The smallest absolute Gasteiger partial charge is 0.174 e. The Hall–Kier alpha value is -0.200. The molecule has 5 atom stereocenters. The summed E-state index contributed by atoms with van der Waals surface area (Å²) in [5.74, 6) is 0. The third-order valence-corrected chi connectivity index (χ3v) is 2.37. The fourth-order valence-corrected chi connectivity index (χ4v) is 1.53. The Morgan fingerprint density at radius 1 is 1.00 bits per heavy atom. The molecular weight excluding hydrogens is 146 g/mol. The van der Waals surface area contributed by atoms with Crippen molar-refractivity contribution in [2.24, 2.45) is 17.2 Å². The van der Waals surface area contributed by atoms with Gasteiger partial charge in [0.15, 0.2) is 6.29 Å². The maximum absolute atomic E-state index is 5.74. The van der Waals surface area contributed by atoms with Crippen LogP contribution in [0.25, 0.3) is 0 Å². The molecule has 0 unspecified atom stereocenters. The van der Waals surface area contributed by atoms with Crippen LogP contribution in [0.4, 0.5) is 0 Å². The fourth-order valence-electron chi connectivity index (χ4n) is 1.53. The summed E-state index contributed by atoms with van der Waals surface area (Å²) in [5.41, 5.74) is 17.2. The van der Waals surface area contributed by atoms with E-state index in [9.17, 15) is 0 Å². The summed E-state index contributed by atoms with van der Waals surface area (Å²) < 4.78 is 10.6. The van der Waals surface area contributed by atoms with Crippen LogP contribution in [-0.2, 0) is 9.47 Å². The van der Waals surface area contributed by atoms with Gasteiger partial charge in [0.05, 0.1) is 18.7 Å². The van der Waals surface area contributed by atoms with Gasteiger partial charge in [0, 0.05) is 6.04 Å². The minimum Gasteiger partial charge on any atom is -0.348 e. The number of hydrogen-bond acceptors (Lipinski definition) is 5. The van der Waals surface area contributed by atoms with Crippen LogP contribution in [0, 0.1) is 0 Å². The number of rotatable bonds is 0. The van der Waals surface area contributed by atoms with Crippen LogP contribution in [0.2, 0.25) is 0 Å². The zero-order chi connectivity index (χ0) is 8.01. The Morgan fingerprint density at radius 2 is 1.73 bits per heavy atom. The maximum Gasteiger partial charge on any atom is 0.174 e.